The normalized spacial score (nSPS) is 10.4. The Morgan fingerprint density at radius 2 is 2.04 bits per heavy atom. The second kappa shape index (κ2) is 7.29. The molecule has 1 aromatic carbocycles. The van der Waals surface area contributed by atoms with E-state index in [0.717, 1.165) is 0 Å². The van der Waals surface area contributed by atoms with Crippen LogP contribution in [0.3, 0.4) is 0 Å². The van der Waals surface area contributed by atoms with E-state index in [0.29, 0.717) is 27.4 Å². The van der Waals surface area contributed by atoms with Crippen molar-refractivity contribution in [2.75, 3.05) is 11.9 Å². The number of benzene rings is 1. The average molecular weight is 364 g/mol. The lowest BCUT2D eigenvalue weighted by atomic mass is 10.3. The van der Waals surface area contributed by atoms with Gasteiger partial charge in [0.25, 0.3) is 11.9 Å². The van der Waals surface area contributed by atoms with Crippen LogP contribution in [0, 0.1) is 0 Å². The predicted octanol–water partition coefficient (Wildman–Crippen LogP) is 2.99. The molecule has 9 heteroatoms. The molecule has 0 atom stereocenters. The number of carbonyl (C=O) groups excluding carboxylic acids is 1. The van der Waals surface area contributed by atoms with Gasteiger partial charge in [0.1, 0.15) is 5.75 Å². The Kier molecular flexibility index (Phi) is 4.93. The summed E-state index contributed by atoms with van der Waals surface area (Å²) in [4.78, 5) is 20.1. The molecular weight excluding hydrogens is 353 g/mol. The molecule has 1 N–H and O–H groups in total. The van der Waals surface area contributed by atoms with Gasteiger partial charge < -0.3 is 10.1 Å². The van der Waals surface area contributed by atoms with Crippen LogP contribution in [0.15, 0.2) is 49.1 Å². The molecule has 0 unspecified atom stereocenters. The highest BCUT2D eigenvalue weighted by Crippen LogP contribution is 2.27. The number of hydrogen-bond acceptors (Lipinski definition) is 5. The van der Waals surface area contributed by atoms with Crippen molar-refractivity contribution < 1.29 is 9.53 Å². The monoisotopic (exact) mass is 363 g/mol. The van der Waals surface area contributed by atoms with E-state index >= 15 is 0 Å². The Balaban J connectivity index is 1.56. The number of nitrogens with zero attached hydrogens (tertiary/aromatic N) is 4. The second-order valence-corrected chi connectivity index (χ2v) is 5.48. The van der Waals surface area contributed by atoms with Crippen molar-refractivity contribution in [2.45, 2.75) is 0 Å². The van der Waals surface area contributed by atoms with Crippen LogP contribution in [0.2, 0.25) is 10.0 Å². The zero-order chi connectivity index (χ0) is 16.9. The van der Waals surface area contributed by atoms with Crippen molar-refractivity contribution in [3.63, 3.8) is 0 Å². The second-order valence-electron chi connectivity index (χ2n) is 4.63. The van der Waals surface area contributed by atoms with E-state index in [1.165, 1.54) is 23.1 Å². The minimum absolute atomic E-state index is 0.206. The van der Waals surface area contributed by atoms with Crippen LogP contribution < -0.4 is 10.1 Å². The van der Waals surface area contributed by atoms with Crippen molar-refractivity contribution in [3.05, 3.63) is 59.1 Å². The first kappa shape index (κ1) is 16.2. The van der Waals surface area contributed by atoms with Gasteiger partial charge in [0.2, 0.25) is 0 Å². The third-order valence-electron chi connectivity index (χ3n) is 2.88. The number of aromatic nitrogens is 4. The maximum absolute atomic E-state index is 11.9. The van der Waals surface area contributed by atoms with Gasteiger partial charge in [-0.1, -0.05) is 23.2 Å². The highest BCUT2D eigenvalue weighted by molar-refractivity contribution is 6.35. The van der Waals surface area contributed by atoms with Crippen LogP contribution in [0.1, 0.15) is 0 Å². The topological polar surface area (TPSA) is 81.9 Å². The summed E-state index contributed by atoms with van der Waals surface area (Å²) >= 11 is 11.8. The third kappa shape index (κ3) is 4.01. The number of hydrogen-bond donors (Lipinski definition) is 1. The van der Waals surface area contributed by atoms with Gasteiger partial charge in [0, 0.05) is 17.4 Å². The molecule has 0 bridgehead atoms. The van der Waals surface area contributed by atoms with E-state index in [4.69, 9.17) is 27.9 Å². The molecule has 2 aromatic heterocycles. The van der Waals surface area contributed by atoms with Gasteiger partial charge in [-0.25, -0.2) is 14.6 Å². The van der Waals surface area contributed by atoms with E-state index in [2.05, 4.69) is 20.4 Å². The fraction of sp³-hybridized carbons (Fsp3) is 0.0667. The summed E-state index contributed by atoms with van der Waals surface area (Å²) in [6, 6.07) is 6.53. The number of rotatable bonds is 5. The van der Waals surface area contributed by atoms with E-state index in [1.54, 1.807) is 30.6 Å². The summed E-state index contributed by atoms with van der Waals surface area (Å²) in [6.07, 6.45) is 6.31. The molecule has 0 spiro atoms. The molecule has 3 aromatic rings. The molecule has 7 nitrogen and oxygen atoms in total. The summed E-state index contributed by atoms with van der Waals surface area (Å²) in [6.45, 7) is -0.206. The molecule has 0 aliphatic carbocycles. The van der Waals surface area contributed by atoms with E-state index in [1.807, 2.05) is 0 Å². The SMILES string of the molecule is O=C(COc1ccc(Cl)cc1Cl)Nc1cnc(-n2cccn2)nc1. The van der Waals surface area contributed by atoms with E-state index in [9.17, 15) is 4.79 Å². The Hall–Kier alpha value is -2.64. The molecule has 3 rings (SSSR count). The third-order valence-corrected chi connectivity index (χ3v) is 3.41. The van der Waals surface area contributed by atoms with Crippen molar-refractivity contribution in [1.82, 2.24) is 19.7 Å². The fourth-order valence-corrected chi connectivity index (χ4v) is 2.29. The molecule has 0 fully saturated rings. The van der Waals surface area contributed by atoms with Crippen LogP contribution in [-0.2, 0) is 4.79 Å². The van der Waals surface area contributed by atoms with Crippen LogP contribution in [0.25, 0.3) is 5.95 Å². The fourth-order valence-electron chi connectivity index (χ4n) is 1.82. The highest BCUT2D eigenvalue weighted by Gasteiger charge is 2.08. The average Bonchev–Trinajstić information content (AvgIpc) is 3.09. The smallest absolute Gasteiger partial charge is 0.262 e. The van der Waals surface area contributed by atoms with Crippen molar-refractivity contribution >= 4 is 34.8 Å². The molecule has 0 aliphatic rings. The van der Waals surface area contributed by atoms with Crippen LogP contribution in [0.5, 0.6) is 5.75 Å². The lowest BCUT2D eigenvalue weighted by Crippen LogP contribution is -2.20. The summed E-state index contributed by atoms with van der Waals surface area (Å²) in [5, 5.41) is 7.47. The van der Waals surface area contributed by atoms with Gasteiger partial charge in [-0.2, -0.15) is 5.10 Å². The summed E-state index contributed by atoms with van der Waals surface area (Å²) < 4.78 is 6.86. The van der Waals surface area contributed by atoms with Crippen LogP contribution in [0.4, 0.5) is 5.69 Å². The first-order chi connectivity index (χ1) is 11.6. The summed E-state index contributed by atoms with van der Waals surface area (Å²) in [5.74, 6) is 0.417. The zero-order valence-electron chi connectivity index (χ0n) is 12.2. The minimum atomic E-state index is -0.364. The van der Waals surface area contributed by atoms with Gasteiger partial charge in [-0.3, -0.25) is 4.79 Å². The number of amides is 1. The maximum atomic E-state index is 11.9. The molecule has 0 radical (unpaired) electrons. The van der Waals surface area contributed by atoms with Gasteiger partial charge in [-0.05, 0) is 24.3 Å². The van der Waals surface area contributed by atoms with Crippen molar-refractivity contribution in [1.29, 1.82) is 0 Å². The lowest BCUT2D eigenvalue weighted by molar-refractivity contribution is -0.118. The first-order valence-corrected chi connectivity index (χ1v) is 7.57. The minimum Gasteiger partial charge on any atom is -0.482 e. The van der Waals surface area contributed by atoms with Crippen LogP contribution in [-0.4, -0.2) is 32.3 Å². The maximum Gasteiger partial charge on any atom is 0.262 e. The molecule has 24 heavy (non-hydrogen) atoms. The van der Waals surface area contributed by atoms with Gasteiger partial charge in [0.15, 0.2) is 6.61 Å². The molecule has 122 valence electrons. The zero-order valence-corrected chi connectivity index (χ0v) is 13.7. The van der Waals surface area contributed by atoms with Gasteiger partial charge in [0.05, 0.1) is 23.1 Å². The predicted molar refractivity (Wildman–Crippen MR) is 89.7 cm³/mol. The Bertz CT molecular complexity index is 838. The van der Waals surface area contributed by atoms with Crippen LogP contribution >= 0.6 is 23.2 Å². The number of carbonyl (C=O) groups is 1. The van der Waals surface area contributed by atoms with E-state index in [-0.39, 0.29) is 12.5 Å². The van der Waals surface area contributed by atoms with Crippen molar-refractivity contribution in [3.8, 4) is 11.7 Å². The van der Waals surface area contributed by atoms with E-state index < -0.39 is 0 Å². The number of ether oxygens (including phenoxy) is 1. The standard InChI is InChI=1S/C15H11Cl2N5O2/c16-10-2-3-13(12(17)6-10)24-9-14(23)21-11-7-18-15(19-8-11)22-5-1-4-20-22/h1-8H,9H2,(H,21,23). The summed E-state index contributed by atoms with van der Waals surface area (Å²) in [7, 11) is 0. The summed E-state index contributed by atoms with van der Waals surface area (Å²) in [5.41, 5.74) is 0.446. The Labute approximate surface area is 147 Å². The number of nitrogens with one attached hydrogen (secondary N) is 1. The number of anilines is 1. The van der Waals surface area contributed by atoms with Gasteiger partial charge in [-0.15, -0.1) is 0 Å². The van der Waals surface area contributed by atoms with Gasteiger partial charge >= 0.3 is 0 Å². The molecule has 0 saturated carbocycles. The lowest BCUT2D eigenvalue weighted by Gasteiger charge is -2.09. The largest absolute Gasteiger partial charge is 0.482 e. The molecule has 2 heterocycles. The first-order valence-electron chi connectivity index (χ1n) is 6.81. The Morgan fingerprint density at radius 1 is 1.25 bits per heavy atom. The molecule has 0 saturated heterocycles. The Morgan fingerprint density at radius 3 is 2.71 bits per heavy atom. The molecule has 1 amide bonds. The number of halogens is 2. The highest BCUT2D eigenvalue weighted by atomic mass is 35.5. The van der Waals surface area contributed by atoms with Crippen molar-refractivity contribution in [2.24, 2.45) is 0 Å². The molecular formula is C15H11Cl2N5O2. The molecule has 0 aliphatic heterocycles. The quantitative estimate of drug-likeness (QED) is 0.753.